The highest BCUT2D eigenvalue weighted by Crippen LogP contribution is 2.60. The van der Waals surface area contributed by atoms with Gasteiger partial charge in [0.2, 0.25) is 5.91 Å². The Kier molecular flexibility index (Phi) is 4.63. The molecule has 26 heavy (non-hydrogen) atoms. The summed E-state index contributed by atoms with van der Waals surface area (Å²) < 4.78 is 5.54. The number of hydrogen-bond donors (Lipinski definition) is 2. The molecule has 1 amide bonds. The molecule has 4 bridgehead atoms. The van der Waals surface area contributed by atoms with Crippen LogP contribution in [-0.4, -0.2) is 23.6 Å². The van der Waals surface area contributed by atoms with Crippen LogP contribution in [0.25, 0.3) is 0 Å². The normalized spacial score (nSPS) is 31.6. The topological polar surface area (TPSA) is 75.6 Å². The number of hydrogen-bond acceptors (Lipinski definition) is 3. The molecule has 5 rings (SSSR count). The van der Waals surface area contributed by atoms with E-state index in [0.717, 1.165) is 42.7 Å². The zero-order valence-electron chi connectivity index (χ0n) is 15.1. The molecule has 4 aliphatic carbocycles. The summed E-state index contributed by atoms with van der Waals surface area (Å²) in [6.45, 7) is 0.380. The summed E-state index contributed by atoms with van der Waals surface area (Å²) in [5.41, 5.74) is 0.671. The Hall–Kier alpha value is -2.04. The second kappa shape index (κ2) is 6.93. The Bertz CT molecular complexity index is 646. The van der Waals surface area contributed by atoms with E-state index < -0.39 is 5.97 Å². The summed E-state index contributed by atoms with van der Waals surface area (Å²) in [4.78, 5) is 23.5. The molecule has 140 valence electrons. The van der Waals surface area contributed by atoms with E-state index in [9.17, 15) is 9.59 Å². The first-order chi connectivity index (χ1) is 12.5. The van der Waals surface area contributed by atoms with Gasteiger partial charge in [0.15, 0.2) is 0 Å². The standard InChI is InChI=1S/C21H27NO4/c23-19(24)2-1-7-26-18-5-3-17(4-6-18)22-20(25)21-11-14-8-15(12-21)10-16(9-14)13-21/h3-6,14-16H,1-2,7-13H2,(H,22,25)(H,23,24). The van der Waals surface area contributed by atoms with Gasteiger partial charge in [-0.25, -0.2) is 0 Å². The summed E-state index contributed by atoms with van der Waals surface area (Å²) >= 11 is 0. The van der Waals surface area contributed by atoms with Gasteiger partial charge in [-0.1, -0.05) is 0 Å². The summed E-state index contributed by atoms with van der Waals surface area (Å²) in [5, 5.41) is 11.8. The van der Waals surface area contributed by atoms with Crippen LogP contribution in [0.4, 0.5) is 5.69 Å². The lowest BCUT2D eigenvalue weighted by Gasteiger charge is -2.55. The Morgan fingerprint density at radius 2 is 1.62 bits per heavy atom. The number of amides is 1. The second-order valence-corrected chi connectivity index (χ2v) is 8.52. The van der Waals surface area contributed by atoms with E-state index in [-0.39, 0.29) is 17.7 Å². The Balaban J connectivity index is 1.33. The van der Waals surface area contributed by atoms with Crippen molar-refractivity contribution in [1.29, 1.82) is 0 Å². The zero-order valence-corrected chi connectivity index (χ0v) is 15.1. The third kappa shape index (κ3) is 3.57. The van der Waals surface area contributed by atoms with Gasteiger partial charge in [0.25, 0.3) is 0 Å². The van der Waals surface area contributed by atoms with Crippen LogP contribution in [0.1, 0.15) is 51.4 Å². The second-order valence-electron chi connectivity index (χ2n) is 8.52. The van der Waals surface area contributed by atoms with E-state index in [1.54, 1.807) is 0 Å². The predicted octanol–water partition coefficient (Wildman–Crippen LogP) is 4.09. The molecule has 0 atom stereocenters. The summed E-state index contributed by atoms with van der Waals surface area (Å²) in [6.07, 6.45) is 7.79. The molecule has 0 radical (unpaired) electrons. The third-order valence-electron chi connectivity index (χ3n) is 6.44. The van der Waals surface area contributed by atoms with Crippen LogP contribution < -0.4 is 10.1 Å². The first-order valence-corrected chi connectivity index (χ1v) is 9.78. The number of anilines is 1. The Morgan fingerprint density at radius 3 is 2.15 bits per heavy atom. The van der Waals surface area contributed by atoms with E-state index >= 15 is 0 Å². The maximum Gasteiger partial charge on any atom is 0.303 e. The van der Waals surface area contributed by atoms with Crippen LogP contribution in [0.3, 0.4) is 0 Å². The minimum atomic E-state index is -0.809. The molecule has 0 aliphatic heterocycles. The number of carbonyl (C=O) groups is 2. The predicted molar refractivity (Wildman–Crippen MR) is 98.0 cm³/mol. The van der Waals surface area contributed by atoms with Gasteiger partial charge in [-0.2, -0.15) is 0 Å². The maximum atomic E-state index is 13.0. The lowest BCUT2D eigenvalue weighted by Crippen LogP contribution is -2.51. The van der Waals surface area contributed by atoms with Crippen LogP contribution in [0.2, 0.25) is 0 Å². The molecule has 5 heteroatoms. The molecule has 4 saturated carbocycles. The minimum Gasteiger partial charge on any atom is -0.494 e. The maximum absolute atomic E-state index is 13.0. The number of carboxylic acid groups (broad SMARTS) is 1. The third-order valence-corrected chi connectivity index (χ3v) is 6.44. The van der Waals surface area contributed by atoms with Crippen molar-refractivity contribution >= 4 is 17.6 Å². The van der Waals surface area contributed by atoms with Gasteiger partial charge in [0, 0.05) is 12.1 Å². The molecule has 5 nitrogen and oxygen atoms in total. The molecule has 1 aromatic carbocycles. The van der Waals surface area contributed by atoms with E-state index in [2.05, 4.69) is 5.32 Å². The van der Waals surface area contributed by atoms with Gasteiger partial charge in [-0.05, 0) is 87.0 Å². The monoisotopic (exact) mass is 357 g/mol. The quantitative estimate of drug-likeness (QED) is 0.721. The number of carbonyl (C=O) groups excluding carboxylic acids is 1. The summed E-state index contributed by atoms with van der Waals surface area (Å²) in [6, 6.07) is 7.39. The molecule has 4 fully saturated rings. The molecular weight excluding hydrogens is 330 g/mol. The largest absolute Gasteiger partial charge is 0.494 e. The van der Waals surface area contributed by atoms with Crippen LogP contribution in [0.5, 0.6) is 5.75 Å². The van der Waals surface area contributed by atoms with E-state index in [1.807, 2.05) is 24.3 Å². The zero-order chi connectivity index (χ0) is 18.1. The molecule has 2 N–H and O–H groups in total. The highest BCUT2D eigenvalue weighted by atomic mass is 16.5. The summed E-state index contributed by atoms with van der Waals surface area (Å²) in [5.74, 6) is 2.36. The SMILES string of the molecule is O=C(O)CCCOc1ccc(NC(=O)C23CC4CC(CC(C4)C2)C3)cc1. The minimum absolute atomic E-state index is 0.110. The number of ether oxygens (including phenoxy) is 1. The number of aliphatic carboxylic acids is 1. The van der Waals surface area contributed by atoms with Gasteiger partial charge in [-0.3, -0.25) is 9.59 Å². The van der Waals surface area contributed by atoms with Crippen molar-refractivity contribution in [2.75, 3.05) is 11.9 Å². The van der Waals surface area contributed by atoms with Crippen LogP contribution in [0, 0.1) is 23.2 Å². The van der Waals surface area contributed by atoms with Crippen molar-refractivity contribution < 1.29 is 19.4 Å². The number of nitrogens with one attached hydrogen (secondary N) is 1. The molecular formula is C21H27NO4. The lowest BCUT2D eigenvalue weighted by molar-refractivity contribution is -0.140. The average molecular weight is 357 g/mol. The molecule has 0 heterocycles. The van der Waals surface area contributed by atoms with Crippen molar-refractivity contribution in [1.82, 2.24) is 0 Å². The van der Waals surface area contributed by atoms with Crippen molar-refractivity contribution in [2.24, 2.45) is 23.2 Å². The first kappa shape index (κ1) is 17.4. The van der Waals surface area contributed by atoms with Gasteiger partial charge in [0.05, 0.1) is 12.0 Å². The van der Waals surface area contributed by atoms with Crippen molar-refractivity contribution in [3.63, 3.8) is 0 Å². The molecule has 0 aromatic heterocycles. The van der Waals surface area contributed by atoms with Gasteiger partial charge in [0.1, 0.15) is 5.75 Å². The highest BCUT2D eigenvalue weighted by Gasteiger charge is 2.54. The lowest BCUT2D eigenvalue weighted by atomic mass is 9.49. The molecule has 1 aromatic rings. The molecule has 0 spiro atoms. The average Bonchev–Trinajstić information content (AvgIpc) is 2.59. The fourth-order valence-electron chi connectivity index (χ4n) is 5.70. The highest BCUT2D eigenvalue weighted by molar-refractivity contribution is 5.95. The Labute approximate surface area is 154 Å². The number of benzene rings is 1. The molecule has 4 aliphatic rings. The number of rotatable bonds is 7. The van der Waals surface area contributed by atoms with E-state index in [4.69, 9.17) is 9.84 Å². The Morgan fingerprint density at radius 1 is 1.04 bits per heavy atom. The van der Waals surface area contributed by atoms with E-state index in [0.29, 0.717) is 18.8 Å². The number of carboxylic acids is 1. The smallest absolute Gasteiger partial charge is 0.303 e. The fourth-order valence-corrected chi connectivity index (χ4v) is 5.70. The summed E-state index contributed by atoms with van der Waals surface area (Å²) in [7, 11) is 0. The van der Waals surface area contributed by atoms with Crippen LogP contribution in [0.15, 0.2) is 24.3 Å². The van der Waals surface area contributed by atoms with E-state index in [1.165, 1.54) is 19.3 Å². The van der Waals surface area contributed by atoms with Crippen molar-refractivity contribution in [2.45, 2.75) is 51.4 Å². The van der Waals surface area contributed by atoms with Crippen LogP contribution in [-0.2, 0) is 9.59 Å². The van der Waals surface area contributed by atoms with Crippen molar-refractivity contribution in [3.8, 4) is 5.75 Å². The van der Waals surface area contributed by atoms with Gasteiger partial charge < -0.3 is 15.2 Å². The van der Waals surface area contributed by atoms with Crippen molar-refractivity contribution in [3.05, 3.63) is 24.3 Å². The van der Waals surface area contributed by atoms with Crippen LogP contribution >= 0.6 is 0 Å². The fraction of sp³-hybridized carbons (Fsp3) is 0.619. The van der Waals surface area contributed by atoms with Gasteiger partial charge >= 0.3 is 5.97 Å². The first-order valence-electron chi connectivity index (χ1n) is 9.78. The molecule has 0 unspecified atom stereocenters. The van der Waals surface area contributed by atoms with Gasteiger partial charge in [-0.15, -0.1) is 0 Å². The molecule has 0 saturated heterocycles.